The molecule has 2 aliphatic rings. The second kappa shape index (κ2) is 8.28. The van der Waals surface area contributed by atoms with Gasteiger partial charge < -0.3 is 14.8 Å². The molecular formula is C22H18Cl2F5N3O3. The van der Waals surface area contributed by atoms with Crippen molar-refractivity contribution in [2.75, 3.05) is 13.1 Å². The van der Waals surface area contributed by atoms with E-state index < -0.39 is 56.8 Å². The van der Waals surface area contributed by atoms with Crippen molar-refractivity contribution >= 4 is 34.8 Å². The van der Waals surface area contributed by atoms with E-state index in [1.54, 1.807) is 0 Å². The summed E-state index contributed by atoms with van der Waals surface area (Å²) in [6.45, 7) is 1.94. The number of carbonyl (C=O) groups excluding carboxylic acids is 1. The van der Waals surface area contributed by atoms with Crippen molar-refractivity contribution in [3.05, 3.63) is 63.1 Å². The van der Waals surface area contributed by atoms with Gasteiger partial charge in [-0.3, -0.25) is 9.78 Å². The SMILES string of the molecule is CC(C)(O)C(=O)N1CC(F)(c2ccc(C3=NOC(c4cc(Cl)c(F)c(Cl)c4)(C(F)(F)F)C3)cn2)C1. The molecule has 1 fully saturated rings. The summed E-state index contributed by atoms with van der Waals surface area (Å²) in [6, 6.07) is 4.17. The van der Waals surface area contributed by atoms with Crippen LogP contribution in [-0.4, -0.2) is 51.5 Å². The molecule has 1 N–H and O–H groups in total. The molecule has 6 nitrogen and oxygen atoms in total. The standard InChI is InChI=1S/C22H18Cl2F5N3O3/c1-19(2,34)18(33)32-9-20(26,10-32)16-4-3-11(8-30-16)15-7-21(35-31-15,22(27,28)29)12-5-13(23)17(25)14(24)6-12/h3-6,8,34H,7,9-10H2,1-2H3. The fraction of sp³-hybridized carbons (Fsp3) is 0.409. The third-order valence-corrected chi connectivity index (χ3v) is 6.44. The van der Waals surface area contributed by atoms with E-state index in [9.17, 15) is 27.5 Å². The van der Waals surface area contributed by atoms with Gasteiger partial charge in [0.05, 0.1) is 41.0 Å². The summed E-state index contributed by atoms with van der Waals surface area (Å²) in [5, 5.41) is 12.1. The van der Waals surface area contributed by atoms with Crippen LogP contribution >= 0.6 is 23.2 Å². The van der Waals surface area contributed by atoms with Crippen molar-refractivity contribution in [1.82, 2.24) is 9.88 Å². The minimum Gasteiger partial charge on any atom is -0.381 e. The second-order valence-corrected chi connectivity index (χ2v) is 9.82. The summed E-state index contributed by atoms with van der Waals surface area (Å²) in [6.07, 6.45) is -4.61. The van der Waals surface area contributed by atoms with E-state index in [4.69, 9.17) is 28.0 Å². The molecule has 2 aliphatic heterocycles. The van der Waals surface area contributed by atoms with Crippen LogP contribution in [0.1, 0.15) is 37.1 Å². The van der Waals surface area contributed by atoms with Crippen LogP contribution in [0, 0.1) is 5.82 Å². The fourth-order valence-electron chi connectivity index (χ4n) is 3.93. The summed E-state index contributed by atoms with van der Waals surface area (Å²) in [5.41, 5.74) is -7.12. The first-order valence-electron chi connectivity index (χ1n) is 10.2. The molecule has 13 heteroatoms. The number of carbonyl (C=O) groups is 1. The van der Waals surface area contributed by atoms with Crippen molar-refractivity contribution < 1.29 is 36.7 Å². The molecule has 1 aromatic heterocycles. The second-order valence-electron chi connectivity index (χ2n) is 9.00. The maximum atomic E-state index is 15.2. The normalized spacial score (nSPS) is 21.9. The number of hydrogen-bond acceptors (Lipinski definition) is 5. The van der Waals surface area contributed by atoms with Crippen molar-refractivity contribution in [2.45, 2.75) is 43.3 Å². The molecule has 0 radical (unpaired) electrons. The first-order chi connectivity index (χ1) is 16.1. The highest BCUT2D eigenvalue weighted by atomic mass is 35.5. The van der Waals surface area contributed by atoms with Gasteiger partial charge in [0.2, 0.25) is 0 Å². The Hall–Kier alpha value is -2.50. The maximum absolute atomic E-state index is 15.2. The molecular weight excluding hydrogens is 520 g/mol. The summed E-state index contributed by atoms with van der Waals surface area (Å²) >= 11 is 11.4. The minimum absolute atomic E-state index is 0.0280. The Kier molecular flexibility index (Phi) is 6.05. The van der Waals surface area contributed by atoms with Crippen molar-refractivity contribution in [2.24, 2.45) is 5.16 Å². The molecule has 3 heterocycles. The van der Waals surface area contributed by atoms with Crippen LogP contribution in [-0.2, 0) is 20.9 Å². The number of amides is 1. The highest BCUT2D eigenvalue weighted by Crippen LogP contribution is 2.50. The smallest absolute Gasteiger partial charge is 0.381 e. The van der Waals surface area contributed by atoms with Gasteiger partial charge in [0, 0.05) is 17.3 Å². The first-order valence-corrected chi connectivity index (χ1v) is 11.0. The molecule has 1 unspecified atom stereocenters. The Morgan fingerprint density at radius 1 is 1.17 bits per heavy atom. The van der Waals surface area contributed by atoms with Crippen LogP contribution in [0.4, 0.5) is 22.0 Å². The number of likely N-dealkylation sites (tertiary alicyclic amines) is 1. The topological polar surface area (TPSA) is 75.0 Å². The average Bonchev–Trinajstić information content (AvgIpc) is 3.21. The predicted molar refractivity (Wildman–Crippen MR) is 116 cm³/mol. The highest BCUT2D eigenvalue weighted by molar-refractivity contribution is 6.35. The Balaban J connectivity index is 1.55. The summed E-state index contributed by atoms with van der Waals surface area (Å²) in [5.74, 6) is -1.70. The van der Waals surface area contributed by atoms with Crippen LogP contribution < -0.4 is 0 Å². The monoisotopic (exact) mass is 537 g/mol. The number of oxime groups is 1. The molecule has 1 amide bonds. The Morgan fingerprint density at radius 2 is 1.77 bits per heavy atom. The molecule has 0 aliphatic carbocycles. The number of halogens is 7. The number of nitrogens with zero attached hydrogens (tertiary/aromatic N) is 3. The third kappa shape index (κ3) is 4.34. The molecule has 1 saturated heterocycles. The van der Waals surface area contributed by atoms with E-state index in [-0.39, 0.29) is 30.1 Å². The van der Waals surface area contributed by atoms with E-state index in [2.05, 4.69) is 10.1 Å². The summed E-state index contributed by atoms with van der Waals surface area (Å²) in [4.78, 5) is 22.1. The van der Waals surface area contributed by atoms with Crippen LogP contribution in [0.15, 0.2) is 35.6 Å². The minimum atomic E-state index is -4.97. The number of aromatic nitrogens is 1. The predicted octanol–water partition coefficient (Wildman–Crippen LogP) is 4.89. The molecule has 188 valence electrons. The zero-order valence-electron chi connectivity index (χ0n) is 18.3. The van der Waals surface area contributed by atoms with Gasteiger partial charge in [0.1, 0.15) is 5.60 Å². The Bertz CT molecular complexity index is 1190. The van der Waals surface area contributed by atoms with Gasteiger partial charge in [-0.2, -0.15) is 13.2 Å². The lowest BCUT2D eigenvalue weighted by atomic mass is 9.86. The molecule has 1 atom stereocenters. The van der Waals surface area contributed by atoms with E-state index in [0.29, 0.717) is 0 Å². The molecule has 0 saturated carbocycles. The molecule has 1 aromatic carbocycles. The van der Waals surface area contributed by atoms with Crippen LogP contribution in [0.3, 0.4) is 0 Å². The largest absolute Gasteiger partial charge is 0.435 e. The zero-order chi connectivity index (χ0) is 26.0. The lowest BCUT2D eigenvalue weighted by Crippen LogP contribution is -2.62. The Labute approximate surface area is 206 Å². The molecule has 0 spiro atoms. The summed E-state index contributed by atoms with van der Waals surface area (Å²) in [7, 11) is 0. The van der Waals surface area contributed by atoms with Crippen molar-refractivity contribution in [3.63, 3.8) is 0 Å². The lowest BCUT2D eigenvalue weighted by Gasteiger charge is -2.45. The molecule has 4 rings (SSSR count). The number of hydrogen-bond donors (Lipinski definition) is 1. The quantitative estimate of drug-likeness (QED) is 0.445. The Morgan fingerprint density at radius 3 is 2.26 bits per heavy atom. The van der Waals surface area contributed by atoms with Gasteiger partial charge in [0.25, 0.3) is 11.5 Å². The van der Waals surface area contributed by atoms with Crippen molar-refractivity contribution in [1.29, 1.82) is 0 Å². The summed E-state index contributed by atoms with van der Waals surface area (Å²) < 4.78 is 71.3. The van der Waals surface area contributed by atoms with Gasteiger partial charge in [-0.1, -0.05) is 28.4 Å². The van der Waals surface area contributed by atoms with Crippen LogP contribution in [0.5, 0.6) is 0 Å². The number of rotatable bonds is 4. The van der Waals surface area contributed by atoms with Gasteiger partial charge in [-0.05, 0) is 38.1 Å². The highest BCUT2D eigenvalue weighted by Gasteiger charge is 2.62. The van der Waals surface area contributed by atoms with Gasteiger partial charge in [-0.25, -0.2) is 8.78 Å². The van der Waals surface area contributed by atoms with E-state index in [1.165, 1.54) is 26.0 Å². The van der Waals surface area contributed by atoms with Crippen molar-refractivity contribution in [3.8, 4) is 0 Å². The number of benzene rings is 1. The number of aliphatic hydroxyl groups is 1. The van der Waals surface area contributed by atoms with Gasteiger partial charge in [0.15, 0.2) is 11.5 Å². The molecule has 0 bridgehead atoms. The van der Waals surface area contributed by atoms with Gasteiger partial charge >= 0.3 is 6.18 Å². The molecule has 35 heavy (non-hydrogen) atoms. The number of alkyl halides is 4. The fourth-order valence-corrected chi connectivity index (χ4v) is 4.42. The first kappa shape index (κ1) is 25.6. The molecule has 2 aromatic rings. The van der Waals surface area contributed by atoms with E-state index in [1.807, 2.05) is 0 Å². The van der Waals surface area contributed by atoms with Gasteiger partial charge in [-0.15, -0.1) is 0 Å². The van der Waals surface area contributed by atoms with Crippen LogP contribution in [0.2, 0.25) is 10.0 Å². The zero-order valence-corrected chi connectivity index (χ0v) is 19.8. The third-order valence-electron chi connectivity index (χ3n) is 5.89. The number of pyridine rings is 1. The van der Waals surface area contributed by atoms with Crippen LogP contribution in [0.25, 0.3) is 0 Å². The average molecular weight is 538 g/mol. The van der Waals surface area contributed by atoms with E-state index >= 15 is 4.39 Å². The lowest BCUT2D eigenvalue weighted by molar-refractivity contribution is -0.275. The maximum Gasteiger partial charge on any atom is 0.435 e. The van der Waals surface area contributed by atoms with E-state index in [0.717, 1.165) is 23.2 Å².